The smallest absolute Gasteiger partial charge is 0.333 e. The van der Waals surface area contributed by atoms with Gasteiger partial charge >= 0.3 is 11.7 Å². The van der Waals surface area contributed by atoms with E-state index in [1.807, 2.05) is 0 Å². The van der Waals surface area contributed by atoms with Gasteiger partial charge in [0.05, 0.1) is 20.1 Å². The number of aliphatic hydroxyl groups excluding tert-OH is 1. The number of carbonyl (C=O) groups excluding carboxylic acids is 1. The molecule has 1 aliphatic rings. The predicted molar refractivity (Wildman–Crippen MR) is 151 cm³/mol. The van der Waals surface area contributed by atoms with Crippen molar-refractivity contribution in [3.63, 3.8) is 0 Å². The Labute approximate surface area is 228 Å². The van der Waals surface area contributed by atoms with Crippen LogP contribution in [-0.4, -0.2) is 68.9 Å². The van der Waals surface area contributed by atoms with Crippen molar-refractivity contribution >= 4 is 22.6 Å². The van der Waals surface area contributed by atoms with Gasteiger partial charge in [-0.15, -0.1) is 0 Å². The van der Waals surface area contributed by atoms with Gasteiger partial charge in [-0.1, -0.05) is 41.5 Å². The molecule has 1 fully saturated rings. The SMILES string of the molecule is COC(=O)CCn1c(=O)c(C)cn([C@@H]2O[C@H](CO[Si](C)(C)C(C)(C)C)[C@@H](O)[C@H]2O[Si](C)(C)C(C)(C)C)c1=O. The second-order valence-electron chi connectivity index (χ2n) is 13.3. The van der Waals surface area contributed by atoms with E-state index in [1.54, 1.807) is 6.92 Å². The highest BCUT2D eigenvalue weighted by Gasteiger charge is 2.51. The summed E-state index contributed by atoms with van der Waals surface area (Å²) in [6.45, 7) is 22.7. The van der Waals surface area contributed by atoms with Gasteiger partial charge in [0.2, 0.25) is 0 Å². The average Bonchev–Trinajstić information content (AvgIpc) is 3.07. The highest BCUT2D eigenvalue weighted by molar-refractivity contribution is 6.74. The molecule has 4 atom stereocenters. The number of aliphatic hydroxyl groups is 1. The number of hydrogen-bond donors (Lipinski definition) is 1. The molecule has 2 heterocycles. The number of carbonyl (C=O) groups is 1. The van der Waals surface area contributed by atoms with Crippen LogP contribution in [0.5, 0.6) is 0 Å². The van der Waals surface area contributed by atoms with E-state index in [2.05, 4.69) is 72.5 Å². The van der Waals surface area contributed by atoms with E-state index in [-0.39, 0.29) is 29.6 Å². The maximum Gasteiger partial charge on any atom is 0.333 e. The second kappa shape index (κ2) is 11.5. The first kappa shape index (κ1) is 32.6. The molecule has 0 amide bonds. The van der Waals surface area contributed by atoms with Crippen molar-refractivity contribution in [1.82, 2.24) is 9.13 Å². The topological polar surface area (TPSA) is 118 Å². The van der Waals surface area contributed by atoms with Crippen molar-refractivity contribution in [2.45, 2.75) is 122 Å². The molecule has 0 radical (unpaired) electrons. The Kier molecular flexibility index (Phi) is 9.87. The van der Waals surface area contributed by atoms with E-state index >= 15 is 0 Å². The van der Waals surface area contributed by atoms with Crippen molar-refractivity contribution in [2.24, 2.45) is 0 Å². The molecule has 0 aliphatic carbocycles. The van der Waals surface area contributed by atoms with Crippen molar-refractivity contribution in [3.8, 4) is 0 Å². The summed E-state index contributed by atoms with van der Waals surface area (Å²) in [6, 6.07) is 0. The first-order chi connectivity index (χ1) is 17.1. The molecular formula is C26H48N2O8Si2. The Balaban J connectivity index is 2.54. The Morgan fingerprint density at radius 2 is 1.61 bits per heavy atom. The van der Waals surface area contributed by atoms with Crippen LogP contribution in [0.2, 0.25) is 36.3 Å². The summed E-state index contributed by atoms with van der Waals surface area (Å²) < 4.78 is 26.3. The Morgan fingerprint density at radius 1 is 1.05 bits per heavy atom. The molecule has 1 N–H and O–H groups in total. The molecule has 12 heteroatoms. The first-order valence-electron chi connectivity index (χ1n) is 13.2. The van der Waals surface area contributed by atoms with Gasteiger partial charge in [0.1, 0.15) is 18.3 Å². The number of ether oxygens (including phenoxy) is 2. The molecule has 1 aromatic heterocycles. The second-order valence-corrected chi connectivity index (χ2v) is 22.8. The van der Waals surface area contributed by atoms with Crippen molar-refractivity contribution in [1.29, 1.82) is 0 Å². The van der Waals surface area contributed by atoms with Crippen LogP contribution in [0.1, 0.15) is 59.8 Å². The maximum atomic E-state index is 13.5. The van der Waals surface area contributed by atoms with Crippen LogP contribution >= 0.6 is 0 Å². The summed E-state index contributed by atoms with van der Waals surface area (Å²) in [4.78, 5) is 38.1. The summed E-state index contributed by atoms with van der Waals surface area (Å²) in [7, 11) is -3.31. The summed E-state index contributed by atoms with van der Waals surface area (Å²) >= 11 is 0. The highest BCUT2D eigenvalue weighted by atomic mass is 28.4. The number of rotatable bonds is 9. The number of aryl methyl sites for hydroxylation is 1. The highest BCUT2D eigenvalue weighted by Crippen LogP contribution is 2.42. The van der Waals surface area contributed by atoms with E-state index in [1.165, 1.54) is 17.9 Å². The van der Waals surface area contributed by atoms with Crippen molar-refractivity contribution in [2.75, 3.05) is 13.7 Å². The van der Waals surface area contributed by atoms with Gasteiger partial charge in [0.15, 0.2) is 22.9 Å². The minimum Gasteiger partial charge on any atom is -0.469 e. The summed E-state index contributed by atoms with van der Waals surface area (Å²) in [5.74, 6) is -0.529. The number of methoxy groups -OCH3 is 1. The molecule has 0 spiro atoms. The van der Waals surface area contributed by atoms with E-state index < -0.39 is 58.4 Å². The maximum absolute atomic E-state index is 13.5. The number of esters is 1. The zero-order valence-corrected chi connectivity index (χ0v) is 27.2. The summed E-state index contributed by atoms with van der Waals surface area (Å²) in [5, 5.41) is 11.3. The monoisotopic (exact) mass is 572 g/mol. The lowest BCUT2D eigenvalue weighted by Crippen LogP contribution is -2.51. The molecule has 2 rings (SSSR count). The fraction of sp³-hybridized carbons (Fsp3) is 0.808. The van der Waals surface area contributed by atoms with E-state index in [9.17, 15) is 19.5 Å². The largest absolute Gasteiger partial charge is 0.469 e. The molecule has 0 unspecified atom stereocenters. The predicted octanol–water partition coefficient (Wildman–Crippen LogP) is 3.55. The van der Waals surface area contributed by atoms with E-state index in [0.717, 1.165) is 4.57 Å². The van der Waals surface area contributed by atoms with Gasteiger partial charge in [-0.25, -0.2) is 4.79 Å². The molecule has 1 saturated heterocycles. The van der Waals surface area contributed by atoms with Gasteiger partial charge in [0.25, 0.3) is 5.56 Å². The zero-order chi connectivity index (χ0) is 29.4. The third-order valence-electron chi connectivity index (χ3n) is 8.37. The van der Waals surface area contributed by atoms with Crippen LogP contribution in [0, 0.1) is 6.92 Å². The van der Waals surface area contributed by atoms with Gasteiger partial charge in [0, 0.05) is 18.3 Å². The van der Waals surface area contributed by atoms with E-state index in [0.29, 0.717) is 5.56 Å². The van der Waals surface area contributed by atoms with Gasteiger partial charge in [-0.05, 0) is 43.2 Å². The van der Waals surface area contributed by atoms with Gasteiger partial charge in [-0.3, -0.25) is 18.7 Å². The number of aromatic nitrogens is 2. The van der Waals surface area contributed by atoms with Crippen LogP contribution in [0.15, 0.2) is 15.8 Å². The Morgan fingerprint density at radius 3 is 2.11 bits per heavy atom. The average molecular weight is 573 g/mol. The van der Waals surface area contributed by atoms with Crippen molar-refractivity contribution in [3.05, 3.63) is 32.6 Å². The molecule has 0 bridgehead atoms. The van der Waals surface area contributed by atoms with Crippen LogP contribution in [0.3, 0.4) is 0 Å². The zero-order valence-electron chi connectivity index (χ0n) is 25.2. The van der Waals surface area contributed by atoms with E-state index in [4.69, 9.17) is 13.6 Å². The molecular weight excluding hydrogens is 524 g/mol. The molecule has 10 nitrogen and oxygen atoms in total. The quantitative estimate of drug-likeness (QED) is 0.353. The minimum absolute atomic E-state index is 0.0316. The normalized spacial score (nSPS) is 23.1. The lowest BCUT2D eigenvalue weighted by molar-refractivity contribution is -0.140. The van der Waals surface area contributed by atoms with Crippen molar-refractivity contribution < 1.29 is 28.2 Å². The van der Waals surface area contributed by atoms with Crippen LogP contribution in [-0.2, 0) is 29.7 Å². The van der Waals surface area contributed by atoms with Crippen LogP contribution in [0.4, 0.5) is 0 Å². The first-order valence-corrected chi connectivity index (χ1v) is 19.0. The lowest BCUT2D eigenvalue weighted by Gasteiger charge is -2.40. The number of hydrogen-bond acceptors (Lipinski definition) is 8. The summed E-state index contributed by atoms with van der Waals surface area (Å²) in [5.41, 5.74) is -0.829. The van der Waals surface area contributed by atoms with Crippen LogP contribution in [0.25, 0.3) is 0 Å². The molecule has 0 saturated carbocycles. The minimum atomic E-state index is -2.41. The fourth-order valence-electron chi connectivity index (χ4n) is 3.67. The van der Waals surface area contributed by atoms with Crippen LogP contribution < -0.4 is 11.2 Å². The van der Waals surface area contributed by atoms with Gasteiger partial charge in [-0.2, -0.15) is 0 Å². The third-order valence-corrected chi connectivity index (χ3v) is 17.3. The molecule has 1 aromatic rings. The Hall–Kier alpha value is -1.58. The molecule has 38 heavy (non-hydrogen) atoms. The summed E-state index contributed by atoms with van der Waals surface area (Å²) in [6.07, 6.45) is -2.31. The fourth-order valence-corrected chi connectivity index (χ4v) is 5.98. The molecule has 218 valence electrons. The lowest BCUT2D eigenvalue weighted by atomic mass is 10.1. The third kappa shape index (κ3) is 6.94. The molecule has 1 aliphatic heterocycles. The standard InChI is InChI=1S/C26H48N2O8Si2/c1-17-15-28(24(32)27(22(17)31)14-13-19(29)33-8)23-21(36-38(11,12)26(5,6)7)20(30)18(35-23)16-34-37(9,10)25(2,3)4/h15,18,20-21,23,30H,13-14,16H2,1-12H3/t18-,20-,21-,23-/m1/s1. The number of nitrogens with zero attached hydrogens (tertiary/aromatic N) is 2. The van der Waals surface area contributed by atoms with Gasteiger partial charge < -0.3 is 23.4 Å². The Bertz CT molecular complexity index is 1110. The molecule has 0 aromatic carbocycles.